The third kappa shape index (κ3) is 2.72. The molecule has 0 atom stereocenters. The molecule has 0 bridgehead atoms. The summed E-state index contributed by atoms with van der Waals surface area (Å²) in [6.45, 7) is 4.60. The van der Waals surface area contributed by atoms with Gasteiger partial charge in [-0.2, -0.15) is 0 Å². The number of amides is 1. The summed E-state index contributed by atoms with van der Waals surface area (Å²) in [7, 11) is 0. The molecule has 1 heterocycles. The monoisotopic (exact) mass is 269 g/mol. The summed E-state index contributed by atoms with van der Waals surface area (Å²) >= 11 is 0. The van der Waals surface area contributed by atoms with Gasteiger partial charge in [0.1, 0.15) is 11.2 Å². The van der Waals surface area contributed by atoms with Gasteiger partial charge in [-0.25, -0.2) is 4.79 Å². The van der Waals surface area contributed by atoms with Gasteiger partial charge in [0.2, 0.25) is 0 Å². The number of carboxylic acid groups (broad SMARTS) is 1. The minimum Gasteiger partial charge on any atom is -0.480 e. The van der Waals surface area contributed by atoms with Crippen molar-refractivity contribution >= 4 is 17.6 Å². The Morgan fingerprint density at radius 2 is 2.11 bits per heavy atom. The summed E-state index contributed by atoms with van der Waals surface area (Å²) in [5, 5.41) is 19.7. The molecule has 0 spiro atoms. The topological polar surface area (TPSA) is 117 Å². The Bertz CT molecular complexity index is 520. The molecular formula is C11H15N3O5. The Balaban J connectivity index is 3.08. The van der Waals surface area contributed by atoms with Crippen LogP contribution in [0.1, 0.15) is 31.3 Å². The molecule has 0 aliphatic rings. The van der Waals surface area contributed by atoms with Crippen molar-refractivity contribution in [1.82, 2.24) is 9.88 Å². The van der Waals surface area contributed by atoms with Crippen molar-refractivity contribution in [2.45, 2.75) is 26.3 Å². The minimum absolute atomic E-state index is 0.0112. The molecule has 1 rings (SSSR count). The molecule has 0 aromatic carbocycles. The van der Waals surface area contributed by atoms with Gasteiger partial charge in [0, 0.05) is 12.6 Å². The van der Waals surface area contributed by atoms with Gasteiger partial charge < -0.3 is 15.0 Å². The number of likely N-dealkylation sites (N-methyl/N-ethyl adjacent to an activating group) is 1. The summed E-state index contributed by atoms with van der Waals surface area (Å²) in [5.41, 5.74) is -1.65. The Morgan fingerprint density at radius 1 is 1.53 bits per heavy atom. The maximum absolute atomic E-state index is 12.2. The van der Waals surface area contributed by atoms with E-state index in [-0.39, 0.29) is 17.9 Å². The van der Waals surface area contributed by atoms with Crippen LogP contribution in [0.5, 0.6) is 0 Å². The molecule has 1 aromatic rings. The van der Waals surface area contributed by atoms with E-state index in [0.717, 1.165) is 17.2 Å². The highest BCUT2D eigenvalue weighted by Crippen LogP contribution is 2.20. The molecule has 0 radical (unpaired) electrons. The van der Waals surface area contributed by atoms with Crippen molar-refractivity contribution in [2.24, 2.45) is 0 Å². The number of carbonyl (C=O) groups is 2. The highest BCUT2D eigenvalue weighted by molar-refractivity contribution is 5.96. The lowest BCUT2D eigenvalue weighted by atomic mass is 10.0. The third-order valence-electron chi connectivity index (χ3n) is 2.87. The molecular weight excluding hydrogens is 254 g/mol. The predicted molar refractivity (Wildman–Crippen MR) is 65.9 cm³/mol. The van der Waals surface area contributed by atoms with Crippen LogP contribution in [0.25, 0.3) is 0 Å². The molecule has 0 aliphatic heterocycles. The number of carbonyl (C=O) groups excluding carboxylic acids is 1. The second-order valence-electron chi connectivity index (χ2n) is 4.44. The molecule has 1 aromatic heterocycles. The first-order valence-corrected chi connectivity index (χ1v) is 5.60. The molecule has 2 N–H and O–H groups in total. The van der Waals surface area contributed by atoms with Gasteiger partial charge in [0.15, 0.2) is 0 Å². The number of nitrogens with zero attached hydrogens (tertiary/aromatic N) is 2. The van der Waals surface area contributed by atoms with E-state index in [1.54, 1.807) is 6.92 Å². The molecule has 104 valence electrons. The first kappa shape index (κ1) is 14.7. The van der Waals surface area contributed by atoms with E-state index in [9.17, 15) is 19.7 Å². The summed E-state index contributed by atoms with van der Waals surface area (Å²) in [5.74, 6) is -1.74. The first-order chi connectivity index (χ1) is 8.71. The van der Waals surface area contributed by atoms with Gasteiger partial charge >= 0.3 is 5.97 Å². The summed E-state index contributed by atoms with van der Waals surface area (Å²) < 4.78 is 0. The van der Waals surface area contributed by atoms with E-state index in [0.29, 0.717) is 0 Å². The molecule has 0 fully saturated rings. The van der Waals surface area contributed by atoms with Crippen LogP contribution >= 0.6 is 0 Å². The minimum atomic E-state index is -1.40. The lowest BCUT2D eigenvalue weighted by Gasteiger charge is -2.33. The van der Waals surface area contributed by atoms with Crippen molar-refractivity contribution in [1.29, 1.82) is 0 Å². The number of aromatic amines is 1. The molecule has 0 aliphatic carbocycles. The quantitative estimate of drug-likeness (QED) is 0.616. The van der Waals surface area contributed by atoms with Gasteiger partial charge in [-0.15, -0.1) is 0 Å². The van der Waals surface area contributed by atoms with E-state index in [4.69, 9.17) is 5.11 Å². The highest BCUT2D eigenvalue weighted by Gasteiger charge is 2.37. The zero-order valence-electron chi connectivity index (χ0n) is 10.8. The fourth-order valence-corrected chi connectivity index (χ4v) is 1.67. The van der Waals surface area contributed by atoms with Crippen molar-refractivity contribution in [3.05, 3.63) is 28.1 Å². The van der Waals surface area contributed by atoms with Crippen LogP contribution in [-0.4, -0.2) is 43.9 Å². The van der Waals surface area contributed by atoms with Gasteiger partial charge in [-0.3, -0.25) is 14.9 Å². The van der Waals surface area contributed by atoms with Gasteiger partial charge in [-0.1, -0.05) is 0 Å². The number of rotatable bonds is 5. The van der Waals surface area contributed by atoms with E-state index in [1.165, 1.54) is 13.8 Å². The summed E-state index contributed by atoms with van der Waals surface area (Å²) in [4.78, 5) is 36.9. The summed E-state index contributed by atoms with van der Waals surface area (Å²) in [6.07, 6.45) is 1.09. The molecule has 0 saturated carbocycles. The van der Waals surface area contributed by atoms with Crippen LogP contribution in [0.15, 0.2) is 12.3 Å². The highest BCUT2D eigenvalue weighted by atomic mass is 16.6. The summed E-state index contributed by atoms with van der Waals surface area (Å²) in [6, 6.07) is 1.09. The van der Waals surface area contributed by atoms with Crippen molar-refractivity contribution in [3.63, 3.8) is 0 Å². The maximum Gasteiger partial charge on any atom is 0.329 e. The zero-order valence-corrected chi connectivity index (χ0v) is 10.8. The first-order valence-electron chi connectivity index (χ1n) is 5.60. The number of H-pyrrole nitrogens is 1. The van der Waals surface area contributed by atoms with E-state index in [2.05, 4.69) is 4.98 Å². The number of aliphatic carboxylic acids is 1. The normalized spacial score (nSPS) is 11.1. The second-order valence-corrected chi connectivity index (χ2v) is 4.44. The van der Waals surface area contributed by atoms with Crippen molar-refractivity contribution < 1.29 is 19.6 Å². The Morgan fingerprint density at radius 3 is 2.47 bits per heavy atom. The molecule has 0 saturated heterocycles. The molecule has 8 heteroatoms. The molecule has 8 nitrogen and oxygen atoms in total. The maximum atomic E-state index is 12.2. The van der Waals surface area contributed by atoms with Crippen LogP contribution in [0.3, 0.4) is 0 Å². The van der Waals surface area contributed by atoms with Crippen LogP contribution in [-0.2, 0) is 4.79 Å². The van der Waals surface area contributed by atoms with Crippen LogP contribution in [0.4, 0.5) is 5.69 Å². The number of carboxylic acids is 1. The second kappa shape index (κ2) is 5.09. The molecule has 0 unspecified atom stereocenters. The SMILES string of the molecule is CCN(C(=O)c1cc([N+](=O)[O-])c[nH]1)C(C)(C)C(=O)O. The number of hydrogen-bond acceptors (Lipinski definition) is 4. The third-order valence-corrected chi connectivity index (χ3v) is 2.87. The largest absolute Gasteiger partial charge is 0.480 e. The van der Waals surface area contributed by atoms with Gasteiger partial charge in [0.05, 0.1) is 11.1 Å². The molecule has 1 amide bonds. The average Bonchev–Trinajstić information content (AvgIpc) is 2.78. The molecule has 19 heavy (non-hydrogen) atoms. The van der Waals surface area contributed by atoms with Crippen molar-refractivity contribution in [2.75, 3.05) is 6.54 Å². The van der Waals surface area contributed by atoms with Crippen molar-refractivity contribution in [3.8, 4) is 0 Å². The van der Waals surface area contributed by atoms with Crippen LogP contribution in [0, 0.1) is 10.1 Å². The lowest BCUT2D eigenvalue weighted by Crippen LogP contribution is -2.53. The van der Waals surface area contributed by atoms with E-state index < -0.39 is 22.3 Å². The standard InChI is InChI=1S/C11H15N3O5/c1-4-13(11(2,3)10(16)17)9(15)8-5-7(6-12-8)14(18)19/h5-6,12H,4H2,1-3H3,(H,16,17). The van der Waals surface area contributed by atoms with Gasteiger partial charge in [0.25, 0.3) is 11.6 Å². The fourth-order valence-electron chi connectivity index (χ4n) is 1.67. The van der Waals surface area contributed by atoms with E-state index >= 15 is 0 Å². The van der Waals surface area contributed by atoms with Crippen LogP contribution < -0.4 is 0 Å². The number of nitro groups is 1. The zero-order chi connectivity index (χ0) is 14.8. The number of aromatic nitrogens is 1. The Labute approximate surface area is 109 Å². The predicted octanol–water partition coefficient (Wildman–Crippen LogP) is 1.25. The van der Waals surface area contributed by atoms with E-state index in [1.807, 2.05) is 0 Å². The fraction of sp³-hybridized carbons (Fsp3) is 0.455. The van der Waals surface area contributed by atoms with Crippen LogP contribution in [0.2, 0.25) is 0 Å². The number of hydrogen-bond donors (Lipinski definition) is 2. The smallest absolute Gasteiger partial charge is 0.329 e. The lowest BCUT2D eigenvalue weighted by molar-refractivity contribution is -0.384. The number of nitrogens with one attached hydrogen (secondary N) is 1. The average molecular weight is 269 g/mol. The Kier molecular flexibility index (Phi) is 3.93. The van der Waals surface area contributed by atoms with Gasteiger partial charge in [-0.05, 0) is 20.8 Å². The Hall–Kier alpha value is -2.38.